The topological polar surface area (TPSA) is 46.2 Å². The molecule has 2 aliphatic rings. The molecule has 3 N–H and O–H groups in total. The van der Waals surface area contributed by atoms with Crippen molar-refractivity contribution < 1.29 is 5.11 Å². The van der Waals surface area contributed by atoms with Gasteiger partial charge in [-0.2, -0.15) is 0 Å². The summed E-state index contributed by atoms with van der Waals surface area (Å²) in [6.45, 7) is 0.609. The average Bonchev–Trinajstić information content (AvgIpc) is 2.48. The van der Waals surface area contributed by atoms with Gasteiger partial charge in [0.25, 0.3) is 0 Å². The van der Waals surface area contributed by atoms with Gasteiger partial charge in [0, 0.05) is 12.0 Å². The van der Waals surface area contributed by atoms with E-state index in [0.717, 1.165) is 37.7 Å². The predicted octanol–water partition coefficient (Wildman–Crippen LogP) is 3.12. The third-order valence-corrected chi connectivity index (χ3v) is 5.53. The fourth-order valence-electron chi connectivity index (χ4n) is 4.38. The summed E-state index contributed by atoms with van der Waals surface area (Å²) in [5, 5.41) is 11.5. The van der Waals surface area contributed by atoms with Crippen molar-refractivity contribution in [1.29, 1.82) is 0 Å². The SMILES string of the molecule is NCC1(C2(O)CCCc3ccccc32)CCCCC1. The Balaban J connectivity index is 2.07. The number of nitrogens with two attached hydrogens (primary N) is 1. The van der Waals surface area contributed by atoms with Crippen LogP contribution in [0.2, 0.25) is 0 Å². The van der Waals surface area contributed by atoms with E-state index in [4.69, 9.17) is 5.73 Å². The summed E-state index contributed by atoms with van der Waals surface area (Å²) < 4.78 is 0. The molecule has 0 saturated heterocycles. The molecule has 1 saturated carbocycles. The largest absolute Gasteiger partial charge is 0.385 e. The first kappa shape index (κ1) is 13.1. The van der Waals surface area contributed by atoms with Gasteiger partial charge in [-0.1, -0.05) is 43.5 Å². The zero-order chi connectivity index (χ0) is 13.3. The summed E-state index contributed by atoms with van der Waals surface area (Å²) in [5.74, 6) is 0. The third-order valence-electron chi connectivity index (χ3n) is 5.53. The fraction of sp³-hybridized carbons (Fsp3) is 0.647. The monoisotopic (exact) mass is 259 g/mol. The van der Waals surface area contributed by atoms with Crippen LogP contribution in [0.15, 0.2) is 24.3 Å². The van der Waals surface area contributed by atoms with Gasteiger partial charge in [0.2, 0.25) is 0 Å². The molecule has 1 aromatic carbocycles. The van der Waals surface area contributed by atoms with Gasteiger partial charge in [0.1, 0.15) is 0 Å². The molecule has 0 heterocycles. The second kappa shape index (κ2) is 4.92. The van der Waals surface area contributed by atoms with Crippen LogP contribution in [0.4, 0.5) is 0 Å². The fourth-order valence-corrected chi connectivity index (χ4v) is 4.38. The molecule has 0 aromatic heterocycles. The molecular formula is C17H25NO. The molecule has 2 nitrogen and oxygen atoms in total. The Hall–Kier alpha value is -0.860. The molecule has 0 aliphatic heterocycles. The molecule has 0 bridgehead atoms. The van der Waals surface area contributed by atoms with Crippen molar-refractivity contribution in [3.63, 3.8) is 0 Å². The van der Waals surface area contributed by atoms with Crippen LogP contribution in [0.25, 0.3) is 0 Å². The van der Waals surface area contributed by atoms with Crippen molar-refractivity contribution >= 4 is 0 Å². The van der Waals surface area contributed by atoms with Crippen molar-refractivity contribution in [2.45, 2.75) is 57.0 Å². The zero-order valence-electron chi connectivity index (χ0n) is 11.7. The van der Waals surface area contributed by atoms with Gasteiger partial charge < -0.3 is 10.8 Å². The molecule has 19 heavy (non-hydrogen) atoms. The van der Waals surface area contributed by atoms with E-state index in [1.165, 1.54) is 24.8 Å². The van der Waals surface area contributed by atoms with Gasteiger partial charge in [-0.05, 0) is 43.2 Å². The number of rotatable bonds is 2. The third kappa shape index (κ3) is 1.93. The highest BCUT2D eigenvalue weighted by Gasteiger charge is 2.51. The Morgan fingerprint density at radius 1 is 1.00 bits per heavy atom. The van der Waals surface area contributed by atoms with E-state index in [1.807, 2.05) is 0 Å². The maximum atomic E-state index is 11.5. The van der Waals surface area contributed by atoms with E-state index >= 15 is 0 Å². The maximum Gasteiger partial charge on any atom is 0.0967 e. The average molecular weight is 259 g/mol. The maximum absolute atomic E-state index is 11.5. The predicted molar refractivity (Wildman–Crippen MR) is 77.8 cm³/mol. The summed E-state index contributed by atoms with van der Waals surface area (Å²) in [6.07, 6.45) is 8.92. The molecule has 0 radical (unpaired) electrons. The summed E-state index contributed by atoms with van der Waals surface area (Å²) >= 11 is 0. The quantitative estimate of drug-likeness (QED) is 0.857. The van der Waals surface area contributed by atoms with Gasteiger partial charge >= 0.3 is 0 Å². The standard InChI is InChI=1S/C17H25NO/c18-13-16(10-4-1-5-11-16)17(19)12-6-8-14-7-2-3-9-15(14)17/h2-3,7,9,19H,1,4-6,8,10-13,18H2. The van der Waals surface area contributed by atoms with Crippen molar-refractivity contribution in [1.82, 2.24) is 0 Å². The van der Waals surface area contributed by atoms with Crippen molar-refractivity contribution in [2.75, 3.05) is 6.54 Å². The van der Waals surface area contributed by atoms with Crippen molar-refractivity contribution in [3.8, 4) is 0 Å². The molecule has 1 fully saturated rings. The van der Waals surface area contributed by atoms with Gasteiger partial charge in [-0.25, -0.2) is 0 Å². The van der Waals surface area contributed by atoms with Crippen LogP contribution in [0, 0.1) is 5.41 Å². The number of fused-ring (bicyclic) bond motifs is 1. The molecule has 2 aliphatic carbocycles. The van der Waals surface area contributed by atoms with Crippen LogP contribution >= 0.6 is 0 Å². The summed E-state index contributed by atoms with van der Waals surface area (Å²) in [6, 6.07) is 8.44. The lowest BCUT2D eigenvalue weighted by atomic mass is 9.57. The molecule has 2 heteroatoms. The van der Waals surface area contributed by atoms with Crippen LogP contribution in [-0.4, -0.2) is 11.7 Å². The number of hydrogen-bond donors (Lipinski definition) is 2. The van der Waals surface area contributed by atoms with Crippen LogP contribution in [-0.2, 0) is 12.0 Å². The van der Waals surface area contributed by atoms with Gasteiger partial charge in [-0.15, -0.1) is 0 Å². The minimum atomic E-state index is -0.697. The lowest BCUT2D eigenvalue weighted by molar-refractivity contribution is -0.117. The van der Waals surface area contributed by atoms with Crippen molar-refractivity contribution in [3.05, 3.63) is 35.4 Å². The van der Waals surface area contributed by atoms with Gasteiger partial charge in [0.15, 0.2) is 0 Å². The first-order chi connectivity index (χ1) is 9.22. The number of aliphatic hydroxyl groups is 1. The zero-order valence-corrected chi connectivity index (χ0v) is 11.7. The number of benzene rings is 1. The molecule has 3 rings (SSSR count). The minimum Gasteiger partial charge on any atom is -0.385 e. The molecule has 104 valence electrons. The van der Waals surface area contributed by atoms with E-state index in [0.29, 0.717) is 6.54 Å². The Kier molecular flexibility index (Phi) is 3.40. The van der Waals surface area contributed by atoms with Crippen LogP contribution in [0.5, 0.6) is 0 Å². The highest BCUT2D eigenvalue weighted by molar-refractivity contribution is 5.37. The summed E-state index contributed by atoms with van der Waals surface area (Å²) in [5.41, 5.74) is 7.85. The molecule has 1 atom stereocenters. The Morgan fingerprint density at radius 3 is 2.47 bits per heavy atom. The lowest BCUT2D eigenvalue weighted by Gasteiger charge is -2.51. The first-order valence-corrected chi connectivity index (χ1v) is 7.73. The van der Waals surface area contributed by atoms with Crippen molar-refractivity contribution in [2.24, 2.45) is 11.1 Å². The minimum absolute atomic E-state index is 0.0955. The molecule has 1 aromatic rings. The second-order valence-electron chi connectivity index (χ2n) is 6.42. The Bertz CT molecular complexity index is 450. The first-order valence-electron chi connectivity index (χ1n) is 7.73. The van der Waals surface area contributed by atoms with E-state index in [1.54, 1.807) is 0 Å². The second-order valence-corrected chi connectivity index (χ2v) is 6.42. The number of aryl methyl sites for hydroxylation is 1. The molecule has 1 unspecified atom stereocenters. The lowest BCUT2D eigenvalue weighted by Crippen LogP contribution is -2.53. The van der Waals surface area contributed by atoms with Crippen LogP contribution in [0.1, 0.15) is 56.1 Å². The molecule has 0 spiro atoms. The highest BCUT2D eigenvalue weighted by Crippen LogP contribution is 2.54. The summed E-state index contributed by atoms with van der Waals surface area (Å²) in [4.78, 5) is 0. The Labute approximate surface area is 116 Å². The van der Waals surface area contributed by atoms with Gasteiger partial charge in [-0.3, -0.25) is 0 Å². The van der Waals surface area contributed by atoms with Crippen LogP contribution in [0.3, 0.4) is 0 Å². The van der Waals surface area contributed by atoms with E-state index < -0.39 is 5.60 Å². The number of hydrogen-bond acceptors (Lipinski definition) is 2. The van der Waals surface area contributed by atoms with E-state index in [-0.39, 0.29) is 5.41 Å². The molecule has 0 amide bonds. The highest BCUT2D eigenvalue weighted by atomic mass is 16.3. The Morgan fingerprint density at radius 2 is 1.74 bits per heavy atom. The van der Waals surface area contributed by atoms with E-state index in [2.05, 4.69) is 24.3 Å². The van der Waals surface area contributed by atoms with Gasteiger partial charge in [0.05, 0.1) is 5.60 Å². The molecular weight excluding hydrogens is 234 g/mol. The van der Waals surface area contributed by atoms with E-state index in [9.17, 15) is 5.11 Å². The van der Waals surface area contributed by atoms with Crippen LogP contribution < -0.4 is 5.73 Å². The normalized spacial score (nSPS) is 29.8. The summed E-state index contributed by atoms with van der Waals surface area (Å²) in [7, 11) is 0. The smallest absolute Gasteiger partial charge is 0.0967 e.